The summed E-state index contributed by atoms with van der Waals surface area (Å²) in [6, 6.07) is 38.9. The number of ether oxygens (including phenoxy) is 2. The van der Waals surface area contributed by atoms with E-state index in [2.05, 4.69) is 9.98 Å². The van der Waals surface area contributed by atoms with Crippen molar-refractivity contribution in [1.82, 2.24) is 4.57 Å². The Bertz CT molecular complexity index is 1340. The molecule has 5 rings (SSSR count). The van der Waals surface area contributed by atoms with Gasteiger partial charge in [-0.1, -0.05) is 36.4 Å². The van der Waals surface area contributed by atoms with Gasteiger partial charge in [0.05, 0.1) is 35.2 Å². The fraction of sp³-hybridized carbons (Fsp3) is 0.0323. The smallest absolute Gasteiger partial charge is 0.127 e. The first kappa shape index (κ1) is 22.9. The van der Waals surface area contributed by atoms with E-state index in [0.29, 0.717) is 0 Å². The average molecular weight is 472 g/mol. The summed E-state index contributed by atoms with van der Waals surface area (Å²) < 4.78 is 13.7. The third kappa shape index (κ3) is 5.96. The van der Waals surface area contributed by atoms with Crippen molar-refractivity contribution in [2.45, 2.75) is 0 Å². The first-order valence-electron chi connectivity index (χ1n) is 11.6. The Morgan fingerprint density at radius 3 is 1.22 bits per heavy atom. The first-order valence-corrected chi connectivity index (χ1v) is 11.6. The molecule has 1 heterocycles. The molecule has 0 aliphatic heterocycles. The molecule has 0 spiro atoms. The van der Waals surface area contributed by atoms with E-state index < -0.39 is 0 Å². The highest BCUT2D eigenvalue weighted by Crippen LogP contribution is 2.25. The molecular formula is C31H25N3O2. The number of hydrogen-bond donors (Lipinski definition) is 0. The van der Waals surface area contributed by atoms with Gasteiger partial charge in [0, 0.05) is 7.05 Å². The molecule has 0 aliphatic rings. The number of nitrogens with zero attached hydrogens (tertiary/aromatic N) is 3. The van der Waals surface area contributed by atoms with Crippen molar-refractivity contribution < 1.29 is 9.47 Å². The average Bonchev–Trinajstić information content (AvgIpc) is 3.28. The SMILES string of the molecule is Cn1c(C=Nc2ccc(Oc3ccccc3)cc2)ccc1C=Nc1ccc(Oc2ccccc2)cc1. The zero-order chi connectivity index (χ0) is 24.6. The summed E-state index contributed by atoms with van der Waals surface area (Å²) in [7, 11) is 2.00. The molecule has 5 heteroatoms. The van der Waals surface area contributed by atoms with Crippen molar-refractivity contribution >= 4 is 23.8 Å². The normalized spacial score (nSPS) is 11.2. The lowest BCUT2D eigenvalue weighted by atomic mass is 10.3. The molecule has 5 nitrogen and oxygen atoms in total. The van der Waals surface area contributed by atoms with E-state index in [1.807, 2.05) is 145 Å². The molecule has 0 radical (unpaired) electrons. The summed E-state index contributed by atoms with van der Waals surface area (Å²) in [6.07, 6.45) is 3.69. The fourth-order valence-corrected chi connectivity index (χ4v) is 3.53. The van der Waals surface area contributed by atoms with Crippen LogP contribution >= 0.6 is 0 Å². The van der Waals surface area contributed by atoms with Crippen LogP contribution in [0.4, 0.5) is 11.4 Å². The van der Waals surface area contributed by atoms with Crippen molar-refractivity contribution in [2.24, 2.45) is 17.0 Å². The molecule has 1 aromatic heterocycles. The highest BCUT2D eigenvalue weighted by Gasteiger charge is 2.02. The first-order chi connectivity index (χ1) is 17.7. The molecule has 0 bridgehead atoms. The number of aromatic nitrogens is 1. The fourth-order valence-electron chi connectivity index (χ4n) is 3.53. The highest BCUT2D eigenvalue weighted by atomic mass is 16.5. The van der Waals surface area contributed by atoms with Crippen LogP contribution in [0.2, 0.25) is 0 Å². The Kier molecular flexibility index (Phi) is 7.00. The van der Waals surface area contributed by atoms with Gasteiger partial charge >= 0.3 is 0 Å². The molecule has 0 aliphatic carbocycles. The van der Waals surface area contributed by atoms with Gasteiger partial charge in [0.25, 0.3) is 0 Å². The Morgan fingerprint density at radius 2 is 0.833 bits per heavy atom. The second kappa shape index (κ2) is 11.0. The molecule has 36 heavy (non-hydrogen) atoms. The van der Waals surface area contributed by atoms with Crippen LogP contribution in [-0.4, -0.2) is 17.0 Å². The summed E-state index contributed by atoms with van der Waals surface area (Å²) in [5.41, 5.74) is 3.66. The minimum absolute atomic E-state index is 0.775. The van der Waals surface area contributed by atoms with Gasteiger partial charge in [-0.2, -0.15) is 0 Å². The molecular weight excluding hydrogens is 446 g/mol. The molecule has 0 fully saturated rings. The van der Waals surface area contributed by atoms with Gasteiger partial charge in [0.1, 0.15) is 23.0 Å². The summed E-state index contributed by atoms with van der Waals surface area (Å²) in [6.45, 7) is 0. The van der Waals surface area contributed by atoms with Crippen LogP contribution < -0.4 is 9.47 Å². The Morgan fingerprint density at radius 1 is 0.472 bits per heavy atom. The van der Waals surface area contributed by atoms with Crippen molar-refractivity contribution in [3.05, 3.63) is 133 Å². The molecule has 0 atom stereocenters. The van der Waals surface area contributed by atoms with E-state index in [9.17, 15) is 0 Å². The van der Waals surface area contributed by atoms with Crippen LogP contribution in [0.25, 0.3) is 0 Å². The van der Waals surface area contributed by atoms with Crippen LogP contribution in [0.3, 0.4) is 0 Å². The van der Waals surface area contributed by atoms with E-state index in [4.69, 9.17) is 9.47 Å². The van der Waals surface area contributed by atoms with Gasteiger partial charge in [0.2, 0.25) is 0 Å². The van der Waals surface area contributed by atoms with Gasteiger partial charge < -0.3 is 14.0 Å². The minimum Gasteiger partial charge on any atom is -0.457 e. The molecule has 0 saturated carbocycles. The van der Waals surface area contributed by atoms with E-state index in [0.717, 1.165) is 45.8 Å². The molecule has 0 saturated heterocycles. The predicted molar refractivity (Wildman–Crippen MR) is 146 cm³/mol. The summed E-state index contributed by atoms with van der Waals surface area (Å²) in [5, 5.41) is 0. The Balaban J connectivity index is 1.20. The van der Waals surface area contributed by atoms with Crippen LogP contribution in [0, 0.1) is 0 Å². The van der Waals surface area contributed by atoms with E-state index in [1.165, 1.54) is 0 Å². The molecule has 4 aromatic carbocycles. The van der Waals surface area contributed by atoms with Gasteiger partial charge in [-0.05, 0) is 84.9 Å². The lowest BCUT2D eigenvalue weighted by Crippen LogP contribution is -1.99. The lowest BCUT2D eigenvalue weighted by molar-refractivity contribution is 0.482. The van der Waals surface area contributed by atoms with Crippen molar-refractivity contribution in [2.75, 3.05) is 0 Å². The molecule has 0 N–H and O–H groups in total. The zero-order valence-electron chi connectivity index (χ0n) is 19.9. The summed E-state index contributed by atoms with van der Waals surface area (Å²) in [5.74, 6) is 3.17. The minimum atomic E-state index is 0.775. The topological polar surface area (TPSA) is 48.1 Å². The van der Waals surface area contributed by atoms with Crippen LogP contribution in [-0.2, 0) is 7.05 Å². The largest absolute Gasteiger partial charge is 0.457 e. The third-order valence-corrected chi connectivity index (χ3v) is 5.52. The predicted octanol–water partition coefficient (Wildman–Crippen LogP) is 8.11. The highest BCUT2D eigenvalue weighted by molar-refractivity contribution is 5.86. The van der Waals surface area contributed by atoms with Gasteiger partial charge in [-0.3, -0.25) is 9.98 Å². The maximum Gasteiger partial charge on any atom is 0.127 e. The molecule has 5 aromatic rings. The van der Waals surface area contributed by atoms with E-state index in [1.54, 1.807) is 0 Å². The molecule has 0 amide bonds. The standard InChI is InChI=1S/C31H25N3O2/c1-34-26(22-32-24-12-18-30(19-13-24)35-28-8-4-2-5-9-28)16-17-27(34)23-33-25-14-20-31(21-15-25)36-29-10-6-3-7-11-29/h2-23H,1H3. The Labute approximate surface area is 210 Å². The number of aliphatic imine (C=N–C) groups is 2. The van der Waals surface area contributed by atoms with Crippen LogP contribution in [0.1, 0.15) is 11.4 Å². The summed E-state index contributed by atoms with van der Waals surface area (Å²) >= 11 is 0. The van der Waals surface area contributed by atoms with Crippen molar-refractivity contribution in [3.8, 4) is 23.0 Å². The lowest BCUT2D eigenvalue weighted by Gasteiger charge is -2.05. The molecule has 0 unspecified atom stereocenters. The number of hydrogen-bond acceptors (Lipinski definition) is 4. The van der Waals surface area contributed by atoms with Gasteiger partial charge in [0.15, 0.2) is 0 Å². The second-order valence-electron chi connectivity index (χ2n) is 8.08. The van der Waals surface area contributed by atoms with Crippen molar-refractivity contribution in [1.29, 1.82) is 0 Å². The van der Waals surface area contributed by atoms with E-state index in [-0.39, 0.29) is 0 Å². The number of rotatable bonds is 8. The third-order valence-electron chi connectivity index (χ3n) is 5.52. The maximum atomic E-state index is 5.84. The number of benzene rings is 4. The summed E-state index contributed by atoms with van der Waals surface area (Å²) in [4.78, 5) is 9.20. The van der Waals surface area contributed by atoms with Gasteiger partial charge in [-0.25, -0.2) is 0 Å². The van der Waals surface area contributed by atoms with Gasteiger partial charge in [-0.15, -0.1) is 0 Å². The van der Waals surface area contributed by atoms with Crippen molar-refractivity contribution in [3.63, 3.8) is 0 Å². The number of para-hydroxylation sites is 2. The van der Waals surface area contributed by atoms with E-state index >= 15 is 0 Å². The zero-order valence-corrected chi connectivity index (χ0v) is 19.9. The maximum absolute atomic E-state index is 5.84. The second-order valence-corrected chi connectivity index (χ2v) is 8.08. The Hall–Kier alpha value is -4.90. The van der Waals surface area contributed by atoms with Crippen LogP contribution in [0.15, 0.2) is 131 Å². The quantitative estimate of drug-likeness (QED) is 0.215. The van der Waals surface area contributed by atoms with Crippen LogP contribution in [0.5, 0.6) is 23.0 Å². The molecule has 176 valence electrons. The monoisotopic (exact) mass is 471 g/mol.